The van der Waals surface area contributed by atoms with Gasteiger partial charge in [0, 0.05) is 6.54 Å². The molecule has 0 saturated carbocycles. The maximum atomic E-state index is 10.7. The normalized spacial score (nSPS) is 10.8. The lowest BCUT2D eigenvalue weighted by atomic mass is 10.1. The van der Waals surface area contributed by atoms with Gasteiger partial charge in [0.2, 0.25) is 0 Å². The number of aromatic carboxylic acids is 1. The Morgan fingerprint density at radius 1 is 1.29 bits per heavy atom. The maximum Gasteiger partial charge on any atom is 0.335 e. The van der Waals surface area contributed by atoms with E-state index in [1.54, 1.807) is 12.1 Å². The van der Waals surface area contributed by atoms with E-state index in [1.807, 2.05) is 12.1 Å². The lowest BCUT2D eigenvalue weighted by Crippen LogP contribution is -2.21. The Balaban J connectivity index is 2.25. The summed E-state index contributed by atoms with van der Waals surface area (Å²) in [5.41, 5.74) is 1.45. The Morgan fingerprint density at radius 2 is 1.94 bits per heavy atom. The standard InChI is InChI=1S/C13H20N2O2/c1-15(2)9-3-8-14-10-11-4-6-12(7-5-11)13(16)17/h4-7,14H,3,8-10H2,1-2H3,(H,16,17). The lowest BCUT2D eigenvalue weighted by molar-refractivity contribution is 0.0697. The lowest BCUT2D eigenvalue weighted by Gasteiger charge is -2.09. The number of nitrogens with zero attached hydrogens (tertiary/aromatic N) is 1. The molecule has 0 unspecified atom stereocenters. The third-order valence-corrected chi connectivity index (χ3v) is 2.49. The largest absolute Gasteiger partial charge is 0.478 e. The summed E-state index contributed by atoms with van der Waals surface area (Å²) < 4.78 is 0. The van der Waals surface area contributed by atoms with Crippen LogP contribution in [-0.4, -0.2) is 43.2 Å². The van der Waals surface area contributed by atoms with E-state index in [9.17, 15) is 4.79 Å². The number of rotatable bonds is 7. The molecule has 94 valence electrons. The van der Waals surface area contributed by atoms with Crippen molar-refractivity contribution >= 4 is 5.97 Å². The summed E-state index contributed by atoms with van der Waals surface area (Å²) in [5, 5.41) is 12.1. The molecular weight excluding hydrogens is 216 g/mol. The fourth-order valence-corrected chi connectivity index (χ4v) is 1.52. The van der Waals surface area contributed by atoms with Crippen molar-refractivity contribution in [2.45, 2.75) is 13.0 Å². The van der Waals surface area contributed by atoms with Crippen LogP contribution in [0.5, 0.6) is 0 Å². The number of carbonyl (C=O) groups is 1. The number of hydrogen-bond acceptors (Lipinski definition) is 3. The molecule has 0 radical (unpaired) electrons. The zero-order valence-electron chi connectivity index (χ0n) is 10.4. The maximum absolute atomic E-state index is 10.7. The van der Waals surface area contributed by atoms with E-state index in [2.05, 4.69) is 24.3 Å². The molecule has 4 nitrogen and oxygen atoms in total. The number of carboxylic acid groups (broad SMARTS) is 1. The van der Waals surface area contributed by atoms with E-state index in [0.717, 1.165) is 31.6 Å². The minimum Gasteiger partial charge on any atom is -0.478 e. The monoisotopic (exact) mass is 236 g/mol. The molecule has 0 aliphatic carbocycles. The van der Waals surface area contributed by atoms with Gasteiger partial charge in [0.25, 0.3) is 0 Å². The Morgan fingerprint density at radius 3 is 2.47 bits per heavy atom. The van der Waals surface area contributed by atoms with Crippen molar-refractivity contribution in [2.75, 3.05) is 27.2 Å². The molecule has 1 rings (SSSR count). The highest BCUT2D eigenvalue weighted by molar-refractivity contribution is 5.87. The molecule has 2 N–H and O–H groups in total. The van der Waals surface area contributed by atoms with Crippen LogP contribution in [0.1, 0.15) is 22.3 Å². The summed E-state index contributed by atoms with van der Waals surface area (Å²) in [6, 6.07) is 6.98. The van der Waals surface area contributed by atoms with Gasteiger partial charge in [0.05, 0.1) is 5.56 Å². The Labute approximate surface area is 102 Å². The van der Waals surface area contributed by atoms with Crippen molar-refractivity contribution in [1.82, 2.24) is 10.2 Å². The summed E-state index contributed by atoms with van der Waals surface area (Å²) in [7, 11) is 4.12. The summed E-state index contributed by atoms with van der Waals surface area (Å²) in [4.78, 5) is 12.8. The van der Waals surface area contributed by atoms with Gasteiger partial charge < -0.3 is 15.3 Å². The van der Waals surface area contributed by atoms with Gasteiger partial charge in [-0.15, -0.1) is 0 Å². The SMILES string of the molecule is CN(C)CCCNCc1ccc(C(=O)O)cc1. The third kappa shape index (κ3) is 5.47. The molecule has 0 saturated heterocycles. The van der Waals surface area contributed by atoms with Gasteiger partial charge in [-0.05, 0) is 51.3 Å². The van der Waals surface area contributed by atoms with Gasteiger partial charge >= 0.3 is 5.97 Å². The van der Waals surface area contributed by atoms with Crippen molar-refractivity contribution < 1.29 is 9.90 Å². The number of nitrogens with one attached hydrogen (secondary N) is 1. The summed E-state index contributed by atoms with van der Waals surface area (Å²) >= 11 is 0. The zero-order chi connectivity index (χ0) is 12.7. The highest BCUT2D eigenvalue weighted by Gasteiger charge is 2.01. The predicted octanol–water partition coefficient (Wildman–Crippen LogP) is 1.43. The second-order valence-electron chi connectivity index (χ2n) is 4.34. The van der Waals surface area contributed by atoms with Gasteiger partial charge in [-0.2, -0.15) is 0 Å². The quantitative estimate of drug-likeness (QED) is 0.703. The first-order valence-electron chi connectivity index (χ1n) is 5.77. The molecule has 0 aliphatic heterocycles. The molecule has 0 aliphatic rings. The number of hydrogen-bond donors (Lipinski definition) is 2. The van der Waals surface area contributed by atoms with E-state index >= 15 is 0 Å². The molecule has 0 fully saturated rings. The van der Waals surface area contributed by atoms with Crippen LogP contribution in [-0.2, 0) is 6.54 Å². The zero-order valence-corrected chi connectivity index (χ0v) is 10.4. The highest BCUT2D eigenvalue weighted by atomic mass is 16.4. The highest BCUT2D eigenvalue weighted by Crippen LogP contribution is 2.04. The molecule has 0 bridgehead atoms. The van der Waals surface area contributed by atoms with Crippen LogP contribution in [0.4, 0.5) is 0 Å². The average molecular weight is 236 g/mol. The Kier molecular flexibility index (Phi) is 5.66. The molecule has 1 aromatic rings. The van der Waals surface area contributed by atoms with Gasteiger partial charge in [0.15, 0.2) is 0 Å². The second-order valence-corrected chi connectivity index (χ2v) is 4.34. The minimum atomic E-state index is -0.879. The topological polar surface area (TPSA) is 52.6 Å². The molecule has 1 aromatic carbocycles. The van der Waals surface area contributed by atoms with E-state index < -0.39 is 5.97 Å². The first kappa shape index (κ1) is 13.7. The molecule has 0 aromatic heterocycles. The fraction of sp³-hybridized carbons (Fsp3) is 0.462. The molecular formula is C13H20N2O2. The van der Waals surface area contributed by atoms with E-state index in [4.69, 9.17) is 5.11 Å². The fourth-order valence-electron chi connectivity index (χ4n) is 1.52. The smallest absolute Gasteiger partial charge is 0.335 e. The van der Waals surface area contributed by atoms with Gasteiger partial charge in [-0.1, -0.05) is 12.1 Å². The first-order valence-corrected chi connectivity index (χ1v) is 5.77. The summed E-state index contributed by atoms with van der Waals surface area (Å²) in [5.74, 6) is -0.879. The van der Waals surface area contributed by atoms with Crippen LogP contribution in [0.25, 0.3) is 0 Å². The molecule has 0 atom stereocenters. The number of carboxylic acids is 1. The van der Waals surface area contributed by atoms with Crippen molar-refractivity contribution in [3.05, 3.63) is 35.4 Å². The second kappa shape index (κ2) is 7.04. The van der Waals surface area contributed by atoms with Gasteiger partial charge in [0.1, 0.15) is 0 Å². The van der Waals surface area contributed by atoms with Crippen LogP contribution in [0.15, 0.2) is 24.3 Å². The third-order valence-electron chi connectivity index (χ3n) is 2.49. The van der Waals surface area contributed by atoms with Crippen molar-refractivity contribution in [2.24, 2.45) is 0 Å². The molecule has 0 heterocycles. The molecule has 17 heavy (non-hydrogen) atoms. The van der Waals surface area contributed by atoms with Gasteiger partial charge in [-0.3, -0.25) is 0 Å². The number of benzene rings is 1. The molecule has 4 heteroatoms. The molecule has 0 spiro atoms. The first-order chi connectivity index (χ1) is 8.09. The van der Waals surface area contributed by atoms with E-state index in [1.165, 1.54) is 0 Å². The van der Waals surface area contributed by atoms with Crippen LogP contribution in [0, 0.1) is 0 Å². The Hall–Kier alpha value is -1.39. The van der Waals surface area contributed by atoms with Crippen molar-refractivity contribution in [1.29, 1.82) is 0 Å². The predicted molar refractivity (Wildman–Crippen MR) is 68.3 cm³/mol. The van der Waals surface area contributed by atoms with Crippen LogP contribution in [0.2, 0.25) is 0 Å². The van der Waals surface area contributed by atoms with E-state index in [0.29, 0.717) is 5.56 Å². The van der Waals surface area contributed by atoms with Crippen LogP contribution >= 0.6 is 0 Å². The average Bonchev–Trinajstić information content (AvgIpc) is 2.29. The summed E-state index contributed by atoms with van der Waals surface area (Å²) in [6.07, 6.45) is 1.11. The van der Waals surface area contributed by atoms with Gasteiger partial charge in [-0.25, -0.2) is 4.79 Å². The van der Waals surface area contributed by atoms with E-state index in [-0.39, 0.29) is 0 Å². The minimum absolute atomic E-state index is 0.335. The summed E-state index contributed by atoms with van der Waals surface area (Å²) in [6.45, 7) is 2.83. The molecule has 0 amide bonds. The van der Waals surface area contributed by atoms with Crippen molar-refractivity contribution in [3.63, 3.8) is 0 Å². The van der Waals surface area contributed by atoms with Crippen LogP contribution < -0.4 is 5.32 Å². The Bertz CT molecular complexity index is 347. The van der Waals surface area contributed by atoms with Crippen molar-refractivity contribution in [3.8, 4) is 0 Å². The van der Waals surface area contributed by atoms with Crippen LogP contribution in [0.3, 0.4) is 0 Å².